The van der Waals surface area contributed by atoms with Crippen molar-refractivity contribution in [2.75, 3.05) is 6.61 Å². The highest BCUT2D eigenvalue weighted by atomic mass is 16.8. The number of hydrogen-bond donors (Lipinski definition) is 0. The van der Waals surface area contributed by atoms with E-state index in [0.717, 1.165) is 0 Å². The third kappa shape index (κ3) is 4.60. The van der Waals surface area contributed by atoms with Crippen LogP contribution in [0, 0.1) is 0 Å². The zero-order chi connectivity index (χ0) is 22.0. The summed E-state index contributed by atoms with van der Waals surface area (Å²) in [5.41, 5.74) is 0.547. The summed E-state index contributed by atoms with van der Waals surface area (Å²) in [4.78, 5) is 37.9. The highest BCUT2D eigenvalue weighted by Gasteiger charge is 2.56. The van der Waals surface area contributed by atoms with Crippen LogP contribution in [0.15, 0.2) is 60.7 Å². The summed E-state index contributed by atoms with van der Waals surface area (Å²) in [6, 6.07) is 16.5. The predicted octanol–water partition coefficient (Wildman–Crippen LogP) is 2.51. The van der Waals surface area contributed by atoms with Crippen LogP contribution in [0.4, 0.5) is 0 Å². The van der Waals surface area contributed by atoms with Crippen molar-refractivity contribution in [2.45, 2.75) is 44.1 Å². The first-order valence-electron chi connectivity index (χ1n) is 9.88. The third-order valence-electron chi connectivity index (χ3n) is 5.00. The SMILES string of the molecule is CC1(C)OC[C@H]([C@@H]2OC(=O)[C@H](OC(=O)c3ccccc3)[C@H]2OC(=O)c2ccccc2)O1. The van der Waals surface area contributed by atoms with Crippen LogP contribution < -0.4 is 0 Å². The first kappa shape index (κ1) is 21.0. The second kappa shape index (κ2) is 8.49. The van der Waals surface area contributed by atoms with Gasteiger partial charge in [0.25, 0.3) is 0 Å². The number of carbonyl (C=O) groups is 3. The molecule has 0 radical (unpaired) electrons. The predicted molar refractivity (Wildman–Crippen MR) is 106 cm³/mol. The molecule has 162 valence electrons. The van der Waals surface area contributed by atoms with Crippen molar-refractivity contribution in [1.82, 2.24) is 0 Å². The summed E-state index contributed by atoms with van der Waals surface area (Å²) >= 11 is 0. The first-order valence-corrected chi connectivity index (χ1v) is 9.88. The zero-order valence-electron chi connectivity index (χ0n) is 17.1. The van der Waals surface area contributed by atoms with Gasteiger partial charge in [0.15, 0.2) is 18.0 Å². The van der Waals surface area contributed by atoms with Gasteiger partial charge in [-0.25, -0.2) is 14.4 Å². The van der Waals surface area contributed by atoms with Crippen molar-refractivity contribution in [3.63, 3.8) is 0 Å². The number of cyclic esters (lactones) is 1. The lowest BCUT2D eigenvalue weighted by molar-refractivity contribution is -0.166. The van der Waals surface area contributed by atoms with Crippen LogP contribution in [-0.4, -0.2) is 54.7 Å². The summed E-state index contributed by atoms with van der Waals surface area (Å²) in [6.45, 7) is 3.58. The van der Waals surface area contributed by atoms with E-state index in [9.17, 15) is 14.4 Å². The molecule has 0 N–H and O–H groups in total. The molecule has 4 atom stereocenters. The molecule has 0 aromatic heterocycles. The number of ether oxygens (including phenoxy) is 5. The molecule has 8 heteroatoms. The lowest BCUT2D eigenvalue weighted by Crippen LogP contribution is -2.45. The number of benzene rings is 2. The van der Waals surface area contributed by atoms with E-state index in [0.29, 0.717) is 0 Å². The average Bonchev–Trinajstić information content (AvgIpc) is 3.28. The molecular formula is C23H22O8. The van der Waals surface area contributed by atoms with Crippen molar-refractivity contribution in [3.8, 4) is 0 Å². The van der Waals surface area contributed by atoms with Crippen molar-refractivity contribution in [1.29, 1.82) is 0 Å². The second-order valence-electron chi connectivity index (χ2n) is 7.70. The van der Waals surface area contributed by atoms with Gasteiger partial charge in [0.05, 0.1) is 17.7 Å². The molecule has 2 aromatic carbocycles. The fraction of sp³-hybridized carbons (Fsp3) is 0.348. The molecule has 2 fully saturated rings. The number of esters is 3. The van der Waals surface area contributed by atoms with Gasteiger partial charge in [0.2, 0.25) is 6.10 Å². The molecule has 2 aliphatic rings. The van der Waals surface area contributed by atoms with Gasteiger partial charge in [0.1, 0.15) is 6.10 Å². The Labute approximate surface area is 179 Å². The fourth-order valence-corrected chi connectivity index (χ4v) is 3.51. The summed E-state index contributed by atoms with van der Waals surface area (Å²) in [5.74, 6) is -3.10. The minimum absolute atomic E-state index is 0.129. The highest BCUT2D eigenvalue weighted by Crippen LogP contribution is 2.33. The molecule has 0 amide bonds. The molecule has 0 spiro atoms. The minimum atomic E-state index is -1.43. The minimum Gasteiger partial charge on any atom is -0.452 e. The van der Waals surface area contributed by atoms with E-state index in [2.05, 4.69) is 0 Å². The Bertz CT molecular complexity index is 956. The number of rotatable bonds is 5. The Balaban J connectivity index is 1.58. The van der Waals surface area contributed by atoms with E-state index < -0.39 is 48.1 Å². The lowest BCUT2D eigenvalue weighted by atomic mass is 10.1. The molecule has 0 bridgehead atoms. The van der Waals surface area contributed by atoms with E-state index in [1.807, 2.05) is 0 Å². The fourth-order valence-electron chi connectivity index (χ4n) is 3.51. The van der Waals surface area contributed by atoms with Crippen LogP contribution in [0.1, 0.15) is 34.6 Å². The van der Waals surface area contributed by atoms with Crippen molar-refractivity contribution in [2.24, 2.45) is 0 Å². The van der Waals surface area contributed by atoms with Crippen LogP contribution in [0.25, 0.3) is 0 Å². The van der Waals surface area contributed by atoms with E-state index in [1.54, 1.807) is 74.5 Å². The van der Waals surface area contributed by atoms with Crippen molar-refractivity contribution in [3.05, 3.63) is 71.8 Å². The van der Waals surface area contributed by atoms with Gasteiger partial charge >= 0.3 is 17.9 Å². The highest BCUT2D eigenvalue weighted by molar-refractivity contribution is 5.93. The normalized spacial score (nSPS) is 26.8. The van der Waals surface area contributed by atoms with Gasteiger partial charge in [-0.05, 0) is 38.1 Å². The van der Waals surface area contributed by atoms with Gasteiger partial charge in [-0.1, -0.05) is 36.4 Å². The molecule has 0 unspecified atom stereocenters. The van der Waals surface area contributed by atoms with Crippen LogP contribution in [0.5, 0.6) is 0 Å². The maximum absolute atomic E-state index is 12.7. The number of carbonyl (C=O) groups excluding carboxylic acids is 3. The topological polar surface area (TPSA) is 97.4 Å². The molecule has 2 saturated heterocycles. The van der Waals surface area contributed by atoms with Crippen LogP contribution in [0.2, 0.25) is 0 Å². The largest absolute Gasteiger partial charge is 0.452 e. The third-order valence-corrected chi connectivity index (χ3v) is 5.00. The second-order valence-corrected chi connectivity index (χ2v) is 7.70. The smallest absolute Gasteiger partial charge is 0.352 e. The summed E-state index contributed by atoms with van der Waals surface area (Å²) in [6.07, 6.45) is -4.31. The van der Waals surface area contributed by atoms with E-state index in [4.69, 9.17) is 23.7 Å². The standard InChI is InChI=1S/C23H22O8/c1-23(2)27-13-16(31-23)17-18(29-20(24)14-9-5-3-6-10-14)19(22(26)28-17)30-21(25)15-11-7-4-8-12-15/h3-12,16-19H,13H2,1-2H3/t16-,17+,18+,19-/m1/s1. The zero-order valence-corrected chi connectivity index (χ0v) is 17.1. The molecule has 31 heavy (non-hydrogen) atoms. The molecule has 4 rings (SSSR count). The van der Waals surface area contributed by atoms with Gasteiger partial charge in [-0.15, -0.1) is 0 Å². The Morgan fingerprint density at radius 2 is 1.45 bits per heavy atom. The quantitative estimate of drug-likeness (QED) is 0.532. The van der Waals surface area contributed by atoms with Gasteiger partial charge in [0, 0.05) is 0 Å². The molecule has 0 saturated carbocycles. The summed E-state index contributed by atoms with van der Waals surface area (Å²) < 4.78 is 27.8. The van der Waals surface area contributed by atoms with E-state index in [1.165, 1.54) is 0 Å². The Hall–Kier alpha value is -3.23. The average molecular weight is 426 g/mol. The monoisotopic (exact) mass is 426 g/mol. The molecule has 0 aliphatic carbocycles. The summed E-state index contributed by atoms with van der Waals surface area (Å²) in [5, 5.41) is 0. The molecule has 2 aliphatic heterocycles. The number of hydrogen-bond acceptors (Lipinski definition) is 8. The van der Waals surface area contributed by atoms with Crippen molar-refractivity contribution >= 4 is 17.9 Å². The van der Waals surface area contributed by atoms with E-state index >= 15 is 0 Å². The van der Waals surface area contributed by atoms with Gasteiger partial charge in [-0.3, -0.25) is 0 Å². The summed E-state index contributed by atoms with van der Waals surface area (Å²) in [7, 11) is 0. The Morgan fingerprint density at radius 3 is 1.97 bits per heavy atom. The first-order chi connectivity index (χ1) is 14.8. The maximum Gasteiger partial charge on any atom is 0.352 e. The van der Waals surface area contributed by atoms with Crippen molar-refractivity contribution < 1.29 is 38.1 Å². The van der Waals surface area contributed by atoms with Crippen LogP contribution in [-0.2, 0) is 28.5 Å². The van der Waals surface area contributed by atoms with Crippen LogP contribution >= 0.6 is 0 Å². The molecule has 2 heterocycles. The Morgan fingerprint density at radius 1 is 0.903 bits per heavy atom. The maximum atomic E-state index is 12.7. The molecular weight excluding hydrogens is 404 g/mol. The van der Waals surface area contributed by atoms with Crippen LogP contribution in [0.3, 0.4) is 0 Å². The van der Waals surface area contributed by atoms with Gasteiger partial charge in [-0.2, -0.15) is 0 Å². The molecule has 8 nitrogen and oxygen atoms in total. The Kier molecular flexibility index (Phi) is 5.75. The lowest BCUT2D eigenvalue weighted by Gasteiger charge is -2.25. The molecule has 2 aromatic rings. The van der Waals surface area contributed by atoms with E-state index in [-0.39, 0.29) is 17.7 Å². The van der Waals surface area contributed by atoms with Gasteiger partial charge < -0.3 is 23.7 Å².